The van der Waals surface area contributed by atoms with Crippen molar-refractivity contribution in [2.24, 2.45) is 0 Å². The highest BCUT2D eigenvalue weighted by atomic mass is 19.1. The first-order chi connectivity index (χ1) is 27.7. The van der Waals surface area contributed by atoms with Crippen molar-refractivity contribution in [3.8, 4) is 22.8 Å². The van der Waals surface area contributed by atoms with Crippen LogP contribution in [0.1, 0.15) is 52.4 Å². The fraction of sp³-hybridized carbons (Fsp3) is 0.341. The lowest BCUT2D eigenvalue weighted by Gasteiger charge is -2.55. The zero-order valence-corrected chi connectivity index (χ0v) is 30.9. The van der Waals surface area contributed by atoms with Crippen LogP contribution in [-0.4, -0.2) is 115 Å². The average molecular weight is 771 g/mol. The number of aromatic nitrogens is 4. The second-order valence-electron chi connectivity index (χ2n) is 15.4. The first-order valence-electron chi connectivity index (χ1n) is 19.3. The van der Waals surface area contributed by atoms with E-state index in [1.807, 2.05) is 22.9 Å². The van der Waals surface area contributed by atoms with Gasteiger partial charge in [0, 0.05) is 69.0 Å². The number of nitrogens with two attached hydrogens (primary N) is 1. The zero-order valence-electron chi connectivity index (χ0n) is 30.9. The molecule has 57 heavy (non-hydrogen) atoms. The number of anilines is 2. The van der Waals surface area contributed by atoms with Crippen molar-refractivity contribution >= 4 is 46.2 Å². The van der Waals surface area contributed by atoms with Crippen LogP contribution in [0.5, 0.6) is 11.5 Å². The van der Waals surface area contributed by atoms with Gasteiger partial charge in [0.1, 0.15) is 29.6 Å². The number of imide groups is 2. The summed E-state index contributed by atoms with van der Waals surface area (Å²) in [4.78, 5) is 67.6. The summed E-state index contributed by atoms with van der Waals surface area (Å²) >= 11 is 0. The number of rotatable bonds is 8. The van der Waals surface area contributed by atoms with Gasteiger partial charge in [0.15, 0.2) is 17.2 Å². The molecule has 2 aromatic heterocycles. The molecule has 4 saturated heterocycles. The first kappa shape index (κ1) is 35.2. The summed E-state index contributed by atoms with van der Waals surface area (Å²) in [5.41, 5.74) is 10.1. The molecule has 0 aliphatic carbocycles. The number of piperidine rings is 2. The Balaban J connectivity index is 0.741. The molecule has 15 nitrogen and oxygen atoms in total. The number of nitrogens with one attached hydrogen (secondary N) is 1. The predicted molar refractivity (Wildman–Crippen MR) is 206 cm³/mol. The monoisotopic (exact) mass is 770 g/mol. The molecule has 7 heterocycles. The number of nitrogens with zero attached hydrogens (tertiary/aromatic N) is 8. The Kier molecular flexibility index (Phi) is 8.48. The second kappa shape index (κ2) is 13.7. The van der Waals surface area contributed by atoms with Gasteiger partial charge in [-0.2, -0.15) is 5.10 Å². The lowest BCUT2D eigenvalue weighted by atomic mass is 9.95. The molecule has 290 valence electrons. The summed E-state index contributed by atoms with van der Waals surface area (Å²) in [6.07, 6.45) is 3.54. The maximum atomic E-state index is 14.2. The van der Waals surface area contributed by atoms with Crippen LogP contribution in [0, 0.1) is 5.82 Å². The van der Waals surface area contributed by atoms with Crippen molar-refractivity contribution in [1.29, 1.82) is 0 Å². The molecule has 1 unspecified atom stereocenters. The third-order valence-corrected chi connectivity index (χ3v) is 12.1. The largest absolute Gasteiger partial charge is 0.454 e. The van der Waals surface area contributed by atoms with Crippen molar-refractivity contribution in [3.05, 3.63) is 90.0 Å². The molecule has 0 radical (unpaired) electrons. The fourth-order valence-corrected chi connectivity index (χ4v) is 8.85. The molecule has 1 atom stereocenters. The molecule has 0 spiro atoms. The van der Waals surface area contributed by atoms with Gasteiger partial charge in [-0.1, -0.05) is 12.1 Å². The molecular weight excluding hydrogens is 732 g/mol. The van der Waals surface area contributed by atoms with Gasteiger partial charge in [-0.15, -0.1) is 0 Å². The Labute approximate surface area is 326 Å². The smallest absolute Gasteiger partial charge is 0.262 e. The molecule has 3 aromatic carbocycles. The minimum absolute atomic E-state index is 0.0885. The number of nitrogen functional groups attached to an aromatic ring is 1. The number of benzene rings is 3. The number of amides is 4. The molecule has 5 aliphatic rings. The maximum Gasteiger partial charge on any atom is 0.262 e. The fourth-order valence-electron chi connectivity index (χ4n) is 8.85. The van der Waals surface area contributed by atoms with Gasteiger partial charge in [-0.25, -0.2) is 19.0 Å². The quantitative estimate of drug-likeness (QED) is 0.220. The molecule has 4 amide bonds. The number of halogens is 1. The van der Waals surface area contributed by atoms with Gasteiger partial charge < -0.3 is 15.4 Å². The Hall–Kier alpha value is -6.26. The topological polar surface area (TPSA) is 172 Å². The molecule has 5 aliphatic heterocycles. The Morgan fingerprint density at radius 2 is 1.53 bits per heavy atom. The number of hydrogen-bond donors (Lipinski definition) is 2. The number of likely N-dealkylation sites (tertiary alicyclic amines) is 2. The molecular formula is C41H39FN10O5. The summed E-state index contributed by atoms with van der Waals surface area (Å²) in [5.74, 6) is -1.39. The number of hydrogen-bond acceptors (Lipinski definition) is 12. The van der Waals surface area contributed by atoms with E-state index >= 15 is 0 Å². The number of carbonyl (C=O) groups excluding carboxylic acids is 4. The normalized spacial score (nSPS) is 21.2. The summed E-state index contributed by atoms with van der Waals surface area (Å²) < 4.78 is 21.9. The summed E-state index contributed by atoms with van der Waals surface area (Å²) in [5, 5.41) is 8.01. The van der Waals surface area contributed by atoms with Crippen molar-refractivity contribution < 1.29 is 28.3 Å². The maximum absolute atomic E-state index is 14.2. The van der Waals surface area contributed by atoms with Crippen molar-refractivity contribution in [1.82, 2.24) is 39.8 Å². The number of ether oxygens (including phenoxy) is 1. The Morgan fingerprint density at radius 3 is 2.28 bits per heavy atom. The zero-order chi connectivity index (χ0) is 38.9. The molecule has 3 N–H and O–H groups in total. The summed E-state index contributed by atoms with van der Waals surface area (Å²) in [6, 6.07) is 19.0. The number of carbonyl (C=O) groups is 4. The highest BCUT2D eigenvalue weighted by Gasteiger charge is 2.46. The first-order valence-corrected chi connectivity index (χ1v) is 19.3. The molecule has 5 aromatic rings. The van der Waals surface area contributed by atoms with Crippen LogP contribution in [0.25, 0.3) is 22.3 Å². The second-order valence-corrected chi connectivity index (χ2v) is 15.4. The van der Waals surface area contributed by atoms with E-state index in [0.29, 0.717) is 45.9 Å². The third-order valence-electron chi connectivity index (χ3n) is 12.1. The number of fused-ring (bicyclic) bond motifs is 2. The van der Waals surface area contributed by atoms with Gasteiger partial charge in [0.25, 0.3) is 11.8 Å². The third kappa shape index (κ3) is 6.06. The molecule has 4 fully saturated rings. The molecule has 10 rings (SSSR count). The minimum atomic E-state index is -0.976. The van der Waals surface area contributed by atoms with E-state index in [4.69, 9.17) is 15.6 Å². The Morgan fingerprint density at radius 1 is 0.789 bits per heavy atom. The lowest BCUT2D eigenvalue weighted by molar-refractivity contribution is -0.136. The minimum Gasteiger partial charge on any atom is -0.454 e. The van der Waals surface area contributed by atoms with E-state index in [-0.39, 0.29) is 30.2 Å². The van der Waals surface area contributed by atoms with Crippen molar-refractivity contribution in [2.45, 2.75) is 49.9 Å². The summed E-state index contributed by atoms with van der Waals surface area (Å²) in [7, 11) is 0. The molecule has 0 saturated carbocycles. The van der Waals surface area contributed by atoms with E-state index in [0.717, 1.165) is 68.3 Å². The van der Waals surface area contributed by atoms with Crippen LogP contribution in [0.2, 0.25) is 0 Å². The van der Waals surface area contributed by atoms with Crippen molar-refractivity contribution in [3.63, 3.8) is 0 Å². The highest BCUT2D eigenvalue weighted by Crippen LogP contribution is 2.38. The van der Waals surface area contributed by atoms with Crippen LogP contribution in [-0.2, 0) is 9.59 Å². The van der Waals surface area contributed by atoms with Gasteiger partial charge >= 0.3 is 0 Å². The van der Waals surface area contributed by atoms with Gasteiger partial charge in [0.2, 0.25) is 11.8 Å². The van der Waals surface area contributed by atoms with Crippen LogP contribution < -0.4 is 20.7 Å². The summed E-state index contributed by atoms with van der Waals surface area (Å²) in [6.45, 7) is 5.53. The highest BCUT2D eigenvalue weighted by molar-refractivity contribution is 6.23. The van der Waals surface area contributed by atoms with Gasteiger partial charge in [-0.05, 0) is 73.9 Å². The lowest BCUT2D eigenvalue weighted by Crippen LogP contribution is -2.70. The molecule has 0 bridgehead atoms. The molecule has 16 heteroatoms. The van der Waals surface area contributed by atoms with E-state index in [1.165, 1.54) is 12.4 Å². The van der Waals surface area contributed by atoms with Crippen molar-refractivity contribution in [2.75, 3.05) is 49.9 Å². The van der Waals surface area contributed by atoms with Crippen LogP contribution in [0.4, 0.5) is 15.9 Å². The van der Waals surface area contributed by atoms with Gasteiger partial charge in [0.05, 0.1) is 22.6 Å². The van der Waals surface area contributed by atoms with E-state index in [2.05, 4.69) is 30.0 Å². The van der Waals surface area contributed by atoms with Crippen LogP contribution in [0.15, 0.2) is 73.1 Å². The van der Waals surface area contributed by atoms with Gasteiger partial charge in [-0.3, -0.25) is 39.2 Å². The van der Waals surface area contributed by atoms with Crippen LogP contribution in [0.3, 0.4) is 0 Å². The average Bonchev–Trinajstić information content (AvgIpc) is 3.69. The van der Waals surface area contributed by atoms with E-state index < -0.39 is 35.5 Å². The number of para-hydroxylation sites is 1. The van der Waals surface area contributed by atoms with Crippen LogP contribution >= 0.6 is 0 Å². The SMILES string of the molecule is Nc1ncnc2c1c(-c1ccc(Oc3ccccc3F)cc1)nn2C1CCN(C2CN(C3CN(c4ccc5c(c4)C(=O)N(C4CCC(=O)NC4=O)C5=O)C3)C2)CC1. The Bertz CT molecular complexity index is 2450. The van der Waals surface area contributed by atoms with E-state index in [9.17, 15) is 23.6 Å². The van der Waals surface area contributed by atoms with E-state index in [1.54, 1.807) is 42.5 Å². The standard InChI is InChI=1S/C41H39FN10O5/c42-31-3-1-2-4-33(31)57-28-8-5-23(6-9-28)36-35-37(43)44-22-45-38(35)52(47-36)24-13-15-48(16-14-24)26-18-50(19-26)27-20-49(21-27)25-7-10-29-30(17-25)41(56)51(40(29)55)32-11-12-34(53)46-39(32)54/h1-10,17,22,24,26-27,32H,11-16,18-21H2,(H2,43,44,45)(H,46,53,54). The predicted octanol–water partition coefficient (Wildman–Crippen LogP) is 3.62.